The van der Waals surface area contributed by atoms with Crippen LogP contribution in [0.3, 0.4) is 0 Å². The van der Waals surface area contributed by atoms with Gasteiger partial charge in [-0.15, -0.1) is 0 Å². The van der Waals surface area contributed by atoms with E-state index in [1.165, 1.54) is 0 Å². The molecule has 6 heteroatoms. The lowest BCUT2D eigenvalue weighted by atomic mass is 10.0. The first-order chi connectivity index (χ1) is 8.03. The first-order valence-electron chi connectivity index (χ1n) is 6.14. The van der Waals surface area contributed by atoms with Crippen molar-refractivity contribution >= 4 is 5.91 Å². The summed E-state index contributed by atoms with van der Waals surface area (Å²) in [5, 5.41) is 0. The molecular weight excluding hydrogens is 245 g/mol. The van der Waals surface area contributed by atoms with Gasteiger partial charge in [-0.3, -0.25) is 4.79 Å². The monoisotopic (exact) mass is 268 g/mol. The molecule has 0 aliphatic heterocycles. The first kappa shape index (κ1) is 17.2. The molecule has 0 unspecified atom stereocenters. The van der Waals surface area contributed by atoms with E-state index in [0.29, 0.717) is 6.42 Å². The van der Waals surface area contributed by atoms with E-state index in [0.717, 1.165) is 4.90 Å². The minimum Gasteiger partial charge on any atom is -0.332 e. The fourth-order valence-electron chi connectivity index (χ4n) is 1.73. The van der Waals surface area contributed by atoms with E-state index in [4.69, 9.17) is 5.73 Å². The van der Waals surface area contributed by atoms with Crippen LogP contribution in [0.25, 0.3) is 0 Å². The quantitative estimate of drug-likeness (QED) is 0.804. The molecule has 3 nitrogen and oxygen atoms in total. The van der Waals surface area contributed by atoms with Crippen molar-refractivity contribution in [3.05, 3.63) is 0 Å². The molecule has 0 rings (SSSR count). The molecule has 0 aromatic rings. The summed E-state index contributed by atoms with van der Waals surface area (Å²) in [6, 6.07) is -0.855. The average Bonchev–Trinajstić information content (AvgIpc) is 2.11. The molecular formula is C12H23F3N2O. The van der Waals surface area contributed by atoms with Crippen molar-refractivity contribution in [3.8, 4) is 0 Å². The lowest BCUT2D eigenvalue weighted by Crippen LogP contribution is -2.49. The third-order valence-electron chi connectivity index (χ3n) is 2.31. The number of carbonyl (C=O) groups is 1. The van der Waals surface area contributed by atoms with Gasteiger partial charge < -0.3 is 10.6 Å². The van der Waals surface area contributed by atoms with Crippen molar-refractivity contribution in [2.75, 3.05) is 13.1 Å². The maximum atomic E-state index is 12.4. The molecule has 1 amide bonds. The zero-order valence-electron chi connectivity index (χ0n) is 11.4. The zero-order valence-corrected chi connectivity index (χ0v) is 11.4. The Bertz CT molecular complexity index is 265. The Hall–Kier alpha value is -0.780. The van der Waals surface area contributed by atoms with E-state index in [-0.39, 0.29) is 18.4 Å². The van der Waals surface area contributed by atoms with Crippen molar-refractivity contribution in [2.45, 2.75) is 46.3 Å². The molecule has 0 bridgehead atoms. The summed E-state index contributed by atoms with van der Waals surface area (Å²) in [6.07, 6.45) is -3.99. The third-order valence-corrected chi connectivity index (χ3v) is 2.31. The Morgan fingerprint density at radius 2 is 1.67 bits per heavy atom. The third kappa shape index (κ3) is 7.53. The van der Waals surface area contributed by atoms with Crippen LogP contribution in [-0.2, 0) is 4.79 Å². The summed E-state index contributed by atoms with van der Waals surface area (Å²) in [6.45, 7) is 6.14. The Balaban J connectivity index is 4.68. The summed E-state index contributed by atoms with van der Waals surface area (Å²) in [4.78, 5) is 12.7. The van der Waals surface area contributed by atoms with E-state index in [1.807, 2.05) is 13.8 Å². The lowest BCUT2D eigenvalue weighted by Gasteiger charge is -2.28. The summed E-state index contributed by atoms with van der Waals surface area (Å²) in [5.41, 5.74) is 5.66. The highest BCUT2D eigenvalue weighted by molar-refractivity contribution is 5.81. The summed E-state index contributed by atoms with van der Waals surface area (Å²) < 4.78 is 37.2. The largest absolute Gasteiger partial charge is 0.406 e. The second kappa shape index (κ2) is 6.97. The molecule has 0 heterocycles. The highest BCUT2D eigenvalue weighted by Gasteiger charge is 2.34. The van der Waals surface area contributed by atoms with Crippen LogP contribution in [-0.4, -0.2) is 36.1 Å². The van der Waals surface area contributed by atoms with Crippen LogP contribution in [0.5, 0.6) is 0 Å². The molecule has 0 saturated heterocycles. The van der Waals surface area contributed by atoms with Gasteiger partial charge in [0.2, 0.25) is 5.91 Å². The van der Waals surface area contributed by atoms with Crippen molar-refractivity contribution in [1.82, 2.24) is 4.90 Å². The molecule has 2 N–H and O–H groups in total. The van der Waals surface area contributed by atoms with Crippen LogP contribution in [0.15, 0.2) is 0 Å². The molecule has 0 spiro atoms. The number of halogens is 3. The van der Waals surface area contributed by atoms with Gasteiger partial charge >= 0.3 is 6.18 Å². The minimum atomic E-state index is -4.39. The lowest BCUT2D eigenvalue weighted by molar-refractivity contribution is -0.163. The predicted octanol–water partition coefficient (Wildman–Crippen LogP) is 2.41. The zero-order chi connectivity index (χ0) is 14.5. The highest BCUT2D eigenvalue weighted by atomic mass is 19.4. The molecule has 0 aromatic heterocycles. The number of nitrogens with zero attached hydrogens (tertiary/aromatic N) is 1. The molecule has 108 valence electrons. The summed E-state index contributed by atoms with van der Waals surface area (Å²) in [7, 11) is 0. The Kier molecular flexibility index (Phi) is 6.67. The predicted molar refractivity (Wildman–Crippen MR) is 64.9 cm³/mol. The van der Waals surface area contributed by atoms with Gasteiger partial charge in [0.25, 0.3) is 0 Å². The number of alkyl halides is 3. The van der Waals surface area contributed by atoms with E-state index >= 15 is 0 Å². The summed E-state index contributed by atoms with van der Waals surface area (Å²) >= 11 is 0. The molecule has 0 radical (unpaired) electrons. The van der Waals surface area contributed by atoms with E-state index in [9.17, 15) is 18.0 Å². The van der Waals surface area contributed by atoms with Crippen molar-refractivity contribution < 1.29 is 18.0 Å². The number of hydrogen-bond donors (Lipinski definition) is 1. The van der Waals surface area contributed by atoms with Crippen LogP contribution in [0.4, 0.5) is 13.2 Å². The van der Waals surface area contributed by atoms with Gasteiger partial charge in [0.1, 0.15) is 6.54 Å². The van der Waals surface area contributed by atoms with Crippen LogP contribution < -0.4 is 5.73 Å². The average molecular weight is 268 g/mol. The fourth-order valence-corrected chi connectivity index (χ4v) is 1.73. The number of amides is 1. The molecule has 1 atom stereocenters. The maximum absolute atomic E-state index is 12.4. The van der Waals surface area contributed by atoms with Gasteiger partial charge in [-0.2, -0.15) is 13.2 Å². The van der Waals surface area contributed by atoms with Crippen LogP contribution in [0.1, 0.15) is 34.1 Å². The van der Waals surface area contributed by atoms with Gasteiger partial charge in [0.15, 0.2) is 0 Å². The molecule has 0 fully saturated rings. The number of carbonyl (C=O) groups excluding carboxylic acids is 1. The molecule has 0 aliphatic carbocycles. The SMILES string of the molecule is CC(C)C[C@@H](N)C(=O)N(CC(C)C)CC(F)(F)F. The second-order valence-corrected chi connectivity index (χ2v) is 5.46. The standard InChI is InChI=1S/C12H23F3N2O/c1-8(2)5-10(16)11(18)17(6-9(3)4)7-12(13,14)15/h8-10H,5-7,16H2,1-4H3/t10-/m1/s1. The number of hydrogen-bond acceptors (Lipinski definition) is 2. The van der Waals surface area contributed by atoms with Crippen molar-refractivity contribution in [3.63, 3.8) is 0 Å². The van der Waals surface area contributed by atoms with Gasteiger partial charge in [0, 0.05) is 6.54 Å². The van der Waals surface area contributed by atoms with Gasteiger partial charge in [0.05, 0.1) is 6.04 Å². The topological polar surface area (TPSA) is 46.3 Å². The molecule has 0 saturated carbocycles. The minimum absolute atomic E-state index is 0.0254. The highest BCUT2D eigenvalue weighted by Crippen LogP contribution is 2.18. The molecule has 0 aliphatic rings. The first-order valence-corrected chi connectivity index (χ1v) is 6.14. The van der Waals surface area contributed by atoms with Crippen LogP contribution >= 0.6 is 0 Å². The Morgan fingerprint density at radius 3 is 2.00 bits per heavy atom. The van der Waals surface area contributed by atoms with Crippen LogP contribution in [0.2, 0.25) is 0 Å². The number of rotatable bonds is 6. The number of nitrogens with two attached hydrogens (primary N) is 1. The van der Waals surface area contributed by atoms with E-state index in [1.54, 1.807) is 13.8 Å². The van der Waals surface area contributed by atoms with E-state index < -0.39 is 24.7 Å². The van der Waals surface area contributed by atoms with Crippen molar-refractivity contribution in [1.29, 1.82) is 0 Å². The smallest absolute Gasteiger partial charge is 0.332 e. The fraction of sp³-hybridized carbons (Fsp3) is 0.917. The molecule has 18 heavy (non-hydrogen) atoms. The van der Waals surface area contributed by atoms with Crippen molar-refractivity contribution in [2.24, 2.45) is 17.6 Å². The van der Waals surface area contributed by atoms with Gasteiger partial charge in [-0.1, -0.05) is 27.7 Å². The summed E-state index contributed by atoms with van der Waals surface area (Å²) in [5.74, 6) is -0.465. The Morgan fingerprint density at radius 1 is 1.17 bits per heavy atom. The van der Waals surface area contributed by atoms with Crippen LogP contribution in [0, 0.1) is 11.8 Å². The second-order valence-electron chi connectivity index (χ2n) is 5.46. The Labute approximate surface area is 107 Å². The molecule has 0 aromatic carbocycles. The normalized spacial score (nSPS) is 14.1. The maximum Gasteiger partial charge on any atom is 0.406 e. The van der Waals surface area contributed by atoms with Gasteiger partial charge in [-0.05, 0) is 18.3 Å². The van der Waals surface area contributed by atoms with E-state index in [2.05, 4.69) is 0 Å². The van der Waals surface area contributed by atoms with Gasteiger partial charge in [-0.25, -0.2) is 0 Å².